The van der Waals surface area contributed by atoms with Gasteiger partial charge in [-0.3, -0.25) is 0 Å². The van der Waals surface area contributed by atoms with Gasteiger partial charge in [-0.1, -0.05) is 38.1 Å². The van der Waals surface area contributed by atoms with Crippen molar-refractivity contribution in [2.24, 2.45) is 5.92 Å². The third kappa shape index (κ3) is 5.52. The van der Waals surface area contributed by atoms with E-state index in [9.17, 15) is 0 Å². The van der Waals surface area contributed by atoms with Crippen LogP contribution in [0.15, 0.2) is 42.5 Å². The minimum Gasteiger partial charge on any atom is -0.496 e. The first-order chi connectivity index (χ1) is 15.0. The summed E-state index contributed by atoms with van der Waals surface area (Å²) in [7, 11) is 5.09. The Morgan fingerprint density at radius 2 is 1.74 bits per heavy atom. The van der Waals surface area contributed by atoms with Crippen molar-refractivity contribution >= 4 is 0 Å². The predicted octanol–water partition coefficient (Wildman–Crippen LogP) is 4.97. The van der Waals surface area contributed by atoms with Gasteiger partial charge < -0.3 is 24.3 Å². The van der Waals surface area contributed by atoms with Crippen LogP contribution in [0.2, 0.25) is 0 Å². The van der Waals surface area contributed by atoms with Crippen molar-refractivity contribution in [3.8, 4) is 17.2 Å². The average molecular weight is 428 g/mol. The summed E-state index contributed by atoms with van der Waals surface area (Å²) >= 11 is 0. The van der Waals surface area contributed by atoms with Gasteiger partial charge in [-0.15, -0.1) is 0 Å². The van der Waals surface area contributed by atoms with Crippen molar-refractivity contribution < 1.29 is 18.9 Å². The first kappa shape index (κ1) is 23.4. The number of para-hydroxylation sites is 1. The largest absolute Gasteiger partial charge is 0.496 e. The van der Waals surface area contributed by atoms with E-state index in [0.29, 0.717) is 5.92 Å². The van der Waals surface area contributed by atoms with E-state index < -0.39 is 0 Å². The lowest BCUT2D eigenvalue weighted by Crippen LogP contribution is -2.42. The Labute approximate surface area is 187 Å². The lowest BCUT2D eigenvalue weighted by Gasteiger charge is -2.43. The third-order valence-corrected chi connectivity index (χ3v) is 6.48. The molecule has 2 aromatic carbocycles. The van der Waals surface area contributed by atoms with Crippen LogP contribution >= 0.6 is 0 Å². The van der Waals surface area contributed by atoms with E-state index in [1.807, 2.05) is 18.2 Å². The highest BCUT2D eigenvalue weighted by Gasteiger charge is 2.40. The maximum Gasteiger partial charge on any atom is 0.161 e. The summed E-state index contributed by atoms with van der Waals surface area (Å²) in [6.45, 7) is 6.98. The molecule has 2 atom stereocenters. The summed E-state index contributed by atoms with van der Waals surface area (Å²) in [5, 5.41) is 3.64. The Bertz CT molecular complexity index is 838. The summed E-state index contributed by atoms with van der Waals surface area (Å²) < 4.78 is 22.7. The quantitative estimate of drug-likeness (QED) is 0.543. The molecule has 0 aromatic heterocycles. The lowest BCUT2D eigenvalue weighted by molar-refractivity contribution is -0.0473. The Morgan fingerprint density at radius 3 is 2.45 bits per heavy atom. The third-order valence-electron chi connectivity index (χ3n) is 6.48. The molecule has 1 fully saturated rings. The molecule has 0 bridgehead atoms. The van der Waals surface area contributed by atoms with E-state index in [2.05, 4.69) is 43.4 Å². The molecule has 5 heteroatoms. The van der Waals surface area contributed by atoms with Gasteiger partial charge in [0, 0.05) is 24.1 Å². The molecule has 0 aliphatic carbocycles. The molecule has 5 nitrogen and oxygen atoms in total. The lowest BCUT2D eigenvalue weighted by atomic mass is 9.68. The van der Waals surface area contributed by atoms with E-state index in [-0.39, 0.29) is 11.5 Å². The first-order valence-corrected chi connectivity index (χ1v) is 11.2. The molecule has 0 amide bonds. The van der Waals surface area contributed by atoms with Crippen LogP contribution in [-0.2, 0) is 16.7 Å². The van der Waals surface area contributed by atoms with Crippen LogP contribution in [0.4, 0.5) is 0 Å². The molecule has 0 unspecified atom stereocenters. The molecule has 2 aromatic rings. The Kier molecular flexibility index (Phi) is 8.22. The van der Waals surface area contributed by atoms with Gasteiger partial charge in [0.2, 0.25) is 0 Å². The smallest absolute Gasteiger partial charge is 0.161 e. The Hall–Kier alpha value is -2.24. The van der Waals surface area contributed by atoms with Gasteiger partial charge in [0.05, 0.1) is 27.4 Å². The van der Waals surface area contributed by atoms with E-state index in [0.717, 1.165) is 56.2 Å². The SMILES string of the molecule is COc1ccc(CNCC[C@@]2(c3ccccc3OC)CCO[C@@H](C(C)C)C2)cc1OC. The van der Waals surface area contributed by atoms with E-state index in [1.54, 1.807) is 21.3 Å². The predicted molar refractivity (Wildman–Crippen MR) is 124 cm³/mol. The number of methoxy groups -OCH3 is 3. The molecule has 0 radical (unpaired) electrons. The fourth-order valence-corrected chi connectivity index (χ4v) is 4.62. The van der Waals surface area contributed by atoms with Crippen LogP contribution in [0.25, 0.3) is 0 Å². The Morgan fingerprint density at radius 1 is 1.00 bits per heavy atom. The van der Waals surface area contributed by atoms with Crippen LogP contribution in [0, 0.1) is 5.92 Å². The minimum atomic E-state index is 0.0460. The minimum absolute atomic E-state index is 0.0460. The van der Waals surface area contributed by atoms with Crippen molar-refractivity contribution in [2.45, 2.75) is 51.2 Å². The highest BCUT2D eigenvalue weighted by molar-refractivity contribution is 5.43. The highest BCUT2D eigenvalue weighted by atomic mass is 16.5. The summed E-state index contributed by atoms with van der Waals surface area (Å²) in [6, 6.07) is 14.5. The maximum absolute atomic E-state index is 6.13. The topological polar surface area (TPSA) is 49.0 Å². The number of nitrogens with one attached hydrogen (secondary N) is 1. The molecular weight excluding hydrogens is 390 g/mol. The fourth-order valence-electron chi connectivity index (χ4n) is 4.62. The zero-order chi connectivity index (χ0) is 22.3. The van der Waals surface area contributed by atoms with Crippen molar-refractivity contribution in [3.05, 3.63) is 53.6 Å². The first-order valence-electron chi connectivity index (χ1n) is 11.2. The van der Waals surface area contributed by atoms with E-state index in [1.165, 1.54) is 11.1 Å². The number of rotatable bonds is 10. The van der Waals surface area contributed by atoms with Crippen LogP contribution < -0.4 is 19.5 Å². The van der Waals surface area contributed by atoms with Crippen LogP contribution in [0.5, 0.6) is 17.2 Å². The molecule has 170 valence electrons. The fraction of sp³-hybridized carbons (Fsp3) is 0.538. The molecule has 3 rings (SSSR count). The van der Waals surface area contributed by atoms with Gasteiger partial charge in [-0.2, -0.15) is 0 Å². The van der Waals surface area contributed by atoms with Crippen LogP contribution in [0.3, 0.4) is 0 Å². The zero-order valence-electron chi connectivity index (χ0n) is 19.6. The van der Waals surface area contributed by atoms with Gasteiger partial charge in [0.25, 0.3) is 0 Å². The van der Waals surface area contributed by atoms with E-state index >= 15 is 0 Å². The van der Waals surface area contributed by atoms with Crippen LogP contribution in [0.1, 0.15) is 44.2 Å². The number of hydrogen-bond acceptors (Lipinski definition) is 5. The zero-order valence-corrected chi connectivity index (χ0v) is 19.6. The second kappa shape index (κ2) is 10.9. The summed E-state index contributed by atoms with van der Waals surface area (Å²) in [6.07, 6.45) is 3.33. The summed E-state index contributed by atoms with van der Waals surface area (Å²) in [5.74, 6) is 2.99. The summed E-state index contributed by atoms with van der Waals surface area (Å²) in [4.78, 5) is 0. The average Bonchev–Trinajstić information content (AvgIpc) is 2.81. The number of ether oxygens (including phenoxy) is 4. The van der Waals surface area contributed by atoms with Gasteiger partial charge >= 0.3 is 0 Å². The molecule has 1 aliphatic heterocycles. The molecule has 31 heavy (non-hydrogen) atoms. The Balaban J connectivity index is 1.73. The van der Waals surface area contributed by atoms with Gasteiger partial charge in [-0.25, -0.2) is 0 Å². The number of hydrogen-bond donors (Lipinski definition) is 1. The monoisotopic (exact) mass is 427 g/mol. The standard InChI is InChI=1S/C26H37NO4/c1-19(2)25-17-26(13-15-31-25,21-8-6-7-9-22(21)28-3)12-14-27-18-20-10-11-23(29-4)24(16-20)30-5/h6-11,16,19,25,27H,12-15,17-18H2,1-5H3/t25-,26-/m1/s1. The molecule has 1 heterocycles. The van der Waals surface area contributed by atoms with Gasteiger partial charge in [0.1, 0.15) is 5.75 Å². The second-order valence-electron chi connectivity index (χ2n) is 8.70. The van der Waals surface area contributed by atoms with Crippen molar-refractivity contribution in [3.63, 3.8) is 0 Å². The van der Waals surface area contributed by atoms with Crippen molar-refractivity contribution in [1.29, 1.82) is 0 Å². The molecule has 1 N–H and O–H groups in total. The second-order valence-corrected chi connectivity index (χ2v) is 8.70. The van der Waals surface area contributed by atoms with Crippen molar-refractivity contribution in [2.75, 3.05) is 34.5 Å². The molecule has 1 saturated heterocycles. The molecule has 1 aliphatic rings. The molecule has 0 spiro atoms. The van der Waals surface area contributed by atoms with Gasteiger partial charge in [-0.05, 0) is 55.5 Å². The summed E-state index contributed by atoms with van der Waals surface area (Å²) in [5.41, 5.74) is 2.53. The maximum atomic E-state index is 6.13. The van der Waals surface area contributed by atoms with Gasteiger partial charge in [0.15, 0.2) is 11.5 Å². The van der Waals surface area contributed by atoms with E-state index in [4.69, 9.17) is 18.9 Å². The number of benzene rings is 2. The normalized spacial score (nSPS) is 21.2. The molecular formula is C26H37NO4. The molecule has 0 saturated carbocycles. The van der Waals surface area contributed by atoms with Crippen molar-refractivity contribution in [1.82, 2.24) is 5.32 Å². The van der Waals surface area contributed by atoms with Crippen LogP contribution in [-0.4, -0.2) is 40.6 Å². The highest BCUT2D eigenvalue weighted by Crippen LogP contribution is 2.45.